The Balaban J connectivity index is 3.03. The molecule has 0 saturated carbocycles. The van der Waals surface area contributed by atoms with Crippen LogP contribution in [0.15, 0.2) is 0 Å². The Labute approximate surface area is 113 Å². The van der Waals surface area contributed by atoms with E-state index in [4.69, 9.17) is 0 Å². The van der Waals surface area contributed by atoms with Gasteiger partial charge in [0.05, 0.1) is 6.26 Å². The van der Waals surface area contributed by atoms with Gasteiger partial charge in [-0.25, -0.2) is 12.7 Å². The molecule has 0 bridgehead atoms. The Morgan fingerprint density at radius 3 is 1.44 bits per heavy atom. The summed E-state index contributed by atoms with van der Waals surface area (Å²) in [5.41, 5.74) is 0.574. The van der Waals surface area contributed by atoms with Gasteiger partial charge < -0.3 is 0 Å². The summed E-state index contributed by atoms with van der Waals surface area (Å²) in [6, 6.07) is 0. The van der Waals surface area contributed by atoms with Crippen LogP contribution in [0, 0.1) is 16.2 Å². The Morgan fingerprint density at radius 2 is 1.22 bits per heavy atom. The van der Waals surface area contributed by atoms with Gasteiger partial charge in [-0.05, 0) is 29.1 Å². The van der Waals surface area contributed by atoms with Crippen LogP contribution in [0.2, 0.25) is 0 Å². The maximum Gasteiger partial charge on any atom is 0.211 e. The zero-order valence-electron chi connectivity index (χ0n) is 13.0. The summed E-state index contributed by atoms with van der Waals surface area (Å²) >= 11 is 0. The summed E-state index contributed by atoms with van der Waals surface area (Å²) < 4.78 is 24.9. The normalized spacial score (nSPS) is 23.1. The summed E-state index contributed by atoms with van der Waals surface area (Å²) in [7, 11) is -3.03. The number of rotatable bonds is 1. The molecule has 1 fully saturated rings. The maximum absolute atomic E-state index is 11.6. The molecule has 0 aliphatic carbocycles. The first-order chi connectivity index (χ1) is 7.81. The Kier molecular flexibility index (Phi) is 3.97. The van der Waals surface area contributed by atoms with Crippen molar-refractivity contribution in [2.24, 2.45) is 16.2 Å². The van der Waals surface area contributed by atoms with Gasteiger partial charge in [0.2, 0.25) is 10.0 Å². The molecular formula is C14H29NO2S. The highest BCUT2D eigenvalue weighted by molar-refractivity contribution is 7.88. The molecule has 1 saturated heterocycles. The van der Waals surface area contributed by atoms with E-state index < -0.39 is 10.0 Å². The standard InChI is InChI=1S/C14H29NO2S/c1-12(2,3)14(13(4,5)6)8-10-15(11-9-14)18(7,16)17/h8-11H2,1-7H3. The molecule has 4 heteroatoms. The monoisotopic (exact) mass is 275 g/mol. The number of hydrogen-bond acceptors (Lipinski definition) is 2. The van der Waals surface area contributed by atoms with Crippen LogP contribution in [0.1, 0.15) is 54.4 Å². The second kappa shape index (κ2) is 4.48. The third-order valence-corrected chi connectivity index (χ3v) is 6.22. The molecule has 0 amide bonds. The average Bonchev–Trinajstić information content (AvgIpc) is 2.13. The van der Waals surface area contributed by atoms with Crippen LogP contribution in [0.3, 0.4) is 0 Å². The first-order valence-electron chi connectivity index (χ1n) is 6.76. The number of nitrogens with zero attached hydrogens (tertiary/aromatic N) is 1. The fourth-order valence-electron chi connectivity index (χ4n) is 3.82. The topological polar surface area (TPSA) is 37.4 Å². The molecule has 18 heavy (non-hydrogen) atoms. The summed E-state index contributed by atoms with van der Waals surface area (Å²) in [5, 5.41) is 0. The second-order valence-corrected chi connectivity index (χ2v) is 9.73. The smallest absolute Gasteiger partial charge is 0.211 e. The molecule has 108 valence electrons. The molecule has 1 heterocycles. The molecule has 1 aliphatic rings. The number of hydrogen-bond donors (Lipinski definition) is 0. The first-order valence-corrected chi connectivity index (χ1v) is 8.61. The third-order valence-electron chi connectivity index (χ3n) is 4.92. The lowest BCUT2D eigenvalue weighted by Gasteiger charge is -2.57. The molecule has 0 atom stereocenters. The van der Waals surface area contributed by atoms with Crippen LogP contribution in [0.25, 0.3) is 0 Å². The van der Waals surface area contributed by atoms with Crippen molar-refractivity contribution < 1.29 is 8.42 Å². The van der Waals surface area contributed by atoms with Gasteiger partial charge in [0.1, 0.15) is 0 Å². The van der Waals surface area contributed by atoms with Gasteiger partial charge in [-0.15, -0.1) is 0 Å². The summed E-state index contributed by atoms with van der Waals surface area (Å²) in [6.07, 6.45) is 3.22. The fraction of sp³-hybridized carbons (Fsp3) is 1.00. The summed E-state index contributed by atoms with van der Waals surface area (Å²) in [6.45, 7) is 15.0. The molecule has 1 rings (SSSR count). The maximum atomic E-state index is 11.6. The highest BCUT2D eigenvalue weighted by atomic mass is 32.2. The molecule has 0 radical (unpaired) electrons. The Hall–Kier alpha value is -0.0900. The van der Waals surface area contributed by atoms with Gasteiger partial charge >= 0.3 is 0 Å². The number of sulfonamides is 1. The minimum Gasteiger partial charge on any atom is -0.213 e. The Morgan fingerprint density at radius 1 is 0.889 bits per heavy atom. The number of piperidine rings is 1. The van der Waals surface area contributed by atoms with E-state index in [-0.39, 0.29) is 16.2 Å². The largest absolute Gasteiger partial charge is 0.213 e. The molecule has 1 aliphatic heterocycles. The molecular weight excluding hydrogens is 246 g/mol. The van der Waals surface area contributed by atoms with Gasteiger partial charge in [0.15, 0.2) is 0 Å². The average molecular weight is 275 g/mol. The van der Waals surface area contributed by atoms with Crippen molar-refractivity contribution in [1.82, 2.24) is 4.31 Å². The van der Waals surface area contributed by atoms with Gasteiger partial charge in [-0.1, -0.05) is 41.5 Å². The van der Waals surface area contributed by atoms with Gasteiger partial charge in [0.25, 0.3) is 0 Å². The lowest BCUT2D eigenvalue weighted by Crippen LogP contribution is -2.54. The molecule has 0 unspecified atom stereocenters. The van der Waals surface area contributed by atoms with E-state index in [1.807, 2.05) is 0 Å². The van der Waals surface area contributed by atoms with Crippen LogP contribution >= 0.6 is 0 Å². The highest BCUT2D eigenvalue weighted by Gasteiger charge is 2.52. The summed E-state index contributed by atoms with van der Waals surface area (Å²) in [5.74, 6) is 0. The van der Waals surface area contributed by atoms with E-state index in [0.717, 1.165) is 12.8 Å². The van der Waals surface area contributed by atoms with Crippen LogP contribution < -0.4 is 0 Å². The van der Waals surface area contributed by atoms with Crippen molar-refractivity contribution in [3.8, 4) is 0 Å². The van der Waals surface area contributed by atoms with Crippen LogP contribution in [-0.2, 0) is 10.0 Å². The van der Waals surface area contributed by atoms with E-state index in [0.29, 0.717) is 13.1 Å². The first kappa shape index (κ1) is 16.0. The molecule has 0 aromatic rings. The van der Waals surface area contributed by atoms with Crippen LogP contribution in [-0.4, -0.2) is 32.1 Å². The zero-order chi connectivity index (χ0) is 14.4. The van der Waals surface area contributed by atoms with Crippen molar-refractivity contribution in [2.75, 3.05) is 19.3 Å². The minimum absolute atomic E-state index is 0.189. The van der Waals surface area contributed by atoms with E-state index in [9.17, 15) is 8.42 Å². The van der Waals surface area contributed by atoms with Crippen molar-refractivity contribution in [3.63, 3.8) is 0 Å². The predicted octanol–water partition coefficient (Wildman–Crippen LogP) is 3.12. The predicted molar refractivity (Wildman–Crippen MR) is 77.0 cm³/mol. The van der Waals surface area contributed by atoms with E-state index >= 15 is 0 Å². The van der Waals surface area contributed by atoms with Crippen molar-refractivity contribution >= 4 is 10.0 Å². The van der Waals surface area contributed by atoms with E-state index in [1.54, 1.807) is 4.31 Å². The second-order valence-electron chi connectivity index (χ2n) is 7.74. The van der Waals surface area contributed by atoms with Gasteiger partial charge in [-0.2, -0.15) is 0 Å². The molecule has 0 aromatic heterocycles. The van der Waals surface area contributed by atoms with E-state index in [2.05, 4.69) is 41.5 Å². The van der Waals surface area contributed by atoms with Crippen LogP contribution in [0.5, 0.6) is 0 Å². The molecule has 3 nitrogen and oxygen atoms in total. The SMILES string of the molecule is CC(C)(C)C1(C(C)(C)C)CCN(S(C)(=O)=O)CC1. The quantitative estimate of drug-likeness (QED) is 0.737. The lowest BCUT2D eigenvalue weighted by atomic mass is 9.50. The molecule has 0 spiro atoms. The molecule has 0 aromatic carbocycles. The highest BCUT2D eigenvalue weighted by Crippen LogP contribution is 2.57. The third kappa shape index (κ3) is 2.74. The van der Waals surface area contributed by atoms with Crippen LogP contribution in [0.4, 0.5) is 0 Å². The zero-order valence-corrected chi connectivity index (χ0v) is 13.8. The van der Waals surface area contributed by atoms with Crippen molar-refractivity contribution in [2.45, 2.75) is 54.4 Å². The Bertz CT molecular complexity index is 374. The minimum atomic E-state index is -3.03. The van der Waals surface area contributed by atoms with Crippen molar-refractivity contribution in [3.05, 3.63) is 0 Å². The lowest BCUT2D eigenvalue weighted by molar-refractivity contribution is -0.0700. The van der Waals surface area contributed by atoms with E-state index in [1.165, 1.54) is 6.26 Å². The van der Waals surface area contributed by atoms with Gasteiger partial charge in [0, 0.05) is 13.1 Å². The fourth-order valence-corrected chi connectivity index (χ4v) is 4.67. The van der Waals surface area contributed by atoms with Crippen molar-refractivity contribution in [1.29, 1.82) is 0 Å². The summed E-state index contributed by atoms with van der Waals surface area (Å²) in [4.78, 5) is 0. The molecule has 0 N–H and O–H groups in total. The van der Waals surface area contributed by atoms with Gasteiger partial charge in [-0.3, -0.25) is 0 Å².